The van der Waals surface area contributed by atoms with Crippen LogP contribution < -0.4 is 4.90 Å². The summed E-state index contributed by atoms with van der Waals surface area (Å²) in [5.41, 5.74) is -1.23. The van der Waals surface area contributed by atoms with Gasteiger partial charge in [-0.05, 0) is 42.5 Å². The average molecular weight is 529 g/mol. The van der Waals surface area contributed by atoms with E-state index in [0.29, 0.717) is 12.3 Å². The largest absolute Gasteiger partial charge is 0.465 e. The summed E-state index contributed by atoms with van der Waals surface area (Å²) in [5.74, 6) is -1.67. The molecule has 0 aliphatic carbocycles. The van der Waals surface area contributed by atoms with Crippen molar-refractivity contribution in [3.8, 4) is 0 Å². The summed E-state index contributed by atoms with van der Waals surface area (Å²) in [5, 5.41) is -1.44. The molecule has 0 N–H and O–H groups in total. The van der Waals surface area contributed by atoms with Gasteiger partial charge >= 0.3 is 18.1 Å². The minimum absolute atomic E-state index is 0.109. The van der Waals surface area contributed by atoms with E-state index in [9.17, 15) is 31.2 Å². The van der Waals surface area contributed by atoms with Crippen LogP contribution in [0, 0.1) is 0 Å². The highest BCUT2D eigenvalue weighted by Gasteiger charge is 2.33. The van der Waals surface area contributed by atoms with Crippen LogP contribution in [0.5, 0.6) is 0 Å². The average Bonchev–Trinajstić information content (AvgIpc) is 3.05. The summed E-state index contributed by atoms with van der Waals surface area (Å²) in [4.78, 5) is 29.1. The van der Waals surface area contributed by atoms with Crippen molar-refractivity contribution in [2.75, 3.05) is 19.1 Å². The molecule has 0 radical (unpaired) electrons. The maximum absolute atomic E-state index is 12.9. The van der Waals surface area contributed by atoms with E-state index in [0.717, 1.165) is 26.4 Å². The number of anilines is 1. The number of methoxy groups -OCH3 is 2. The highest BCUT2D eigenvalue weighted by Crippen LogP contribution is 2.34. The minimum Gasteiger partial charge on any atom is -0.465 e. The molecule has 8 nitrogen and oxygen atoms in total. The van der Waals surface area contributed by atoms with E-state index in [2.05, 4.69) is 4.98 Å². The van der Waals surface area contributed by atoms with Gasteiger partial charge in [-0.15, -0.1) is 0 Å². The normalized spacial score (nSPS) is 14.1. The lowest BCUT2D eigenvalue weighted by molar-refractivity contribution is -0.139. The number of nitrogens with zero attached hydrogens (tertiary/aromatic N) is 2. The zero-order valence-electron chi connectivity index (χ0n) is 18.0. The molecule has 2 aromatic rings. The Bertz CT molecular complexity index is 1370. The van der Waals surface area contributed by atoms with Gasteiger partial charge in [0.25, 0.3) is 0 Å². The number of carbonyl (C=O) groups excluding carboxylic acids is 2. The van der Waals surface area contributed by atoms with Crippen LogP contribution in [0.2, 0.25) is 5.02 Å². The van der Waals surface area contributed by atoms with Crippen LogP contribution in [0.25, 0.3) is 0 Å². The molecule has 0 atom stereocenters. The first-order valence-corrected chi connectivity index (χ1v) is 11.4. The summed E-state index contributed by atoms with van der Waals surface area (Å²) in [6.45, 7) is 0. The highest BCUT2D eigenvalue weighted by molar-refractivity contribution is 7.91. The molecule has 0 spiro atoms. The third-order valence-corrected chi connectivity index (χ3v) is 6.83. The van der Waals surface area contributed by atoms with Crippen molar-refractivity contribution in [3.63, 3.8) is 0 Å². The number of halogens is 4. The van der Waals surface area contributed by atoms with E-state index in [1.54, 1.807) is 0 Å². The van der Waals surface area contributed by atoms with Crippen LogP contribution >= 0.6 is 11.6 Å². The molecule has 13 heteroatoms. The summed E-state index contributed by atoms with van der Waals surface area (Å²) >= 11 is 5.80. The number of aromatic nitrogens is 1. The van der Waals surface area contributed by atoms with Gasteiger partial charge in [-0.3, -0.25) is 0 Å². The number of alkyl halides is 3. The number of pyridine rings is 1. The second-order valence-electron chi connectivity index (χ2n) is 6.82. The molecule has 0 saturated heterocycles. The van der Waals surface area contributed by atoms with Crippen molar-refractivity contribution in [1.29, 1.82) is 0 Å². The number of carbonyl (C=O) groups is 2. The van der Waals surface area contributed by atoms with Crippen LogP contribution in [0.4, 0.5) is 18.9 Å². The fourth-order valence-corrected chi connectivity index (χ4v) is 4.74. The topological polar surface area (TPSA) is 103 Å². The molecule has 0 unspecified atom stereocenters. The lowest BCUT2D eigenvalue weighted by Gasteiger charge is -2.23. The van der Waals surface area contributed by atoms with Crippen molar-refractivity contribution < 1.29 is 40.7 Å². The minimum atomic E-state index is -4.75. The van der Waals surface area contributed by atoms with Crippen LogP contribution in [0.1, 0.15) is 5.56 Å². The van der Waals surface area contributed by atoms with Crippen molar-refractivity contribution >= 4 is 39.1 Å². The zero-order valence-corrected chi connectivity index (χ0v) is 19.6. The molecule has 0 bridgehead atoms. The maximum Gasteiger partial charge on any atom is 0.417 e. The fourth-order valence-electron chi connectivity index (χ4n) is 3.04. The summed E-state index contributed by atoms with van der Waals surface area (Å²) in [6.07, 6.45) is 1.44. The molecule has 1 aromatic carbocycles. The lowest BCUT2D eigenvalue weighted by atomic mass is 10.1. The smallest absolute Gasteiger partial charge is 0.417 e. The second-order valence-corrected chi connectivity index (χ2v) is 9.09. The predicted octanol–water partition coefficient (Wildman–Crippen LogP) is 4.08. The number of rotatable bonds is 5. The zero-order chi connectivity index (χ0) is 26.0. The maximum atomic E-state index is 12.9. The third-order valence-electron chi connectivity index (χ3n) is 4.70. The third kappa shape index (κ3) is 5.23. The molecule has 2 heterocycles. The molecule has 0 amide bonds. The van der Waals surface area contributed by atoms with Gasteiger partial charge in [0.1, 0.15) is 5.70 Å². The molecule has 3 rings (SSSR count). The second kappa shape index (κ2) is 9.92. The van der Waals surface area contributed by atoms with Crippen LogP contribution in [0.3, 0.4) is 0 Å². The summed E-state index contributed by atoms with van der Waals surface area (Å²) in [6, 6.07) is 5.42. The highest BCUT2D eigenvalue weighted by atomic mass is 35.5. The Labute approximate surface area is 202 Å². The van der Waals surface area contributed by atoms with Gasteiger partial charge in [-0.2, -0.15) is 13.2 Å². The van der Waals surface area contributed by atoms with E-state index < -0.39 is 43.6 Å². The Balaban J connectivity index is 2.04. The van der Waals surface area contributed by atoms with E-state index in [1.165, 1.54) is 41.5 Å². The first-order chi connectivity index (χ1) is 16.4. The van der Waals surface area contributed by atoms with Gasteiger partial charge < -0.3 is 14.4 Å². The molecule has 1 aromatic heterocycles. The van der Waals surface area contributed by atoms with Gasteiger partial charge in [0.15, 0.2) is 5.03 Å². The Morgan fingerprint density at radius 3 is 2.20 bits per heavy atom. The first-order valence-electron chi connectivity index (χ1n) is 9.54. The number of allylic oxidation sites excluding steroid dienone is 2. The molecule has 184 valence electrons. The number of esters is 2. The van der Waals surface area contributed by atoms with Crippen LogP contribution in [-0.4, -0.2) is 39.6 Å². The molecular weight excluding hydrogens is 513 g/mol. The first kappa shape index (κ1) is 26.0. The number of benzene rings is 1. The number of sulfone groups is 1. The van der Waals surface area contributed by atoms with Crippen molar-refractivity contribution in [1.82, 2.24) is 4.98 Å². The van der Waals surface area contributed by atoms with Gasteiger partial charge in [0.05, 0.1) is 35.3 Å². The Hall–Kier alpha value is -3.64. The lowest BCUT2D eigenvalue weighted by Crippen LogP contribution is -2.27. The quantitative estimate of drug-likeness (QED) is 0.535. The van der Waals surface area contributed by atoms with Crippen LogP contribution in [-0.2, 0) is 35.1 Å². The number of ether oxygens (including phenoxy) is 2. The molecule has 0 saturated carbocycles. The van der Waals surface area contributed by atoms with E-state index >= 15 is 0 Å². The van der Waals surface area contributed by atoms with E-state index in [-0.39, 0.29) is 21.9 Å². The summed E-state index contributed by atoms with van der Waals surface area (Å²) < 4.78 is 74.0. The number of hydrogen-bond acceptors (Lipinski definition) is 8. The van der Waals surface area contributed by atoms with Gasteiger partial charge in [0.2, 0.25) is 9.84 Å². The standard InChI is InChI=1S/C22H16ClF3N2O6S/c1-33-20(29)16-5-3-4-10-28(18(16)21(30)34-2)14-6-8-15(9-7-14)35(31,32)19-17(23)11-13(12-27-19)22(24,25)26/h3-12H,1-2H3. The molecule has 1 aliphatic rings. The predicted molar refractivity (Wildman–Crippen MR) is 118 cm³/mol. The Morgan fingerprint density at radius 1 is 1.03 bits per heavy atom. The Morgan fingerprint density at radius 2 is 1.66 bits per heavy atom. The molecule has 35 heavy (non-hydrogen) atoms. The van der Waals surface area contributed by atoms with Crippen molar-refractivity contribution in [3.05, 3.63) is 82.8 Å². The van der Waals surface area contributed by atoms with Crippen LogP contribution in [0.15, 0.2) is 82.1 Å². The Kier molecular flexibility index (Phi) is 7.36. The fraction of sp³-hybridized carbons (Fsp3) is 0.136. The van der Waals surface area contributed by atoms with E-state index in [1.807, 2.05) is 0 Å². The SMILES string of the molecule is COC(=O)C1=C(C(=O)OC)N(c2ccc(S(=O)(=O)c3ncc(C(F)(F)F)cc3Cl)cc2)C=CC=C1. The summed E-state index contributed by atoms with van der Waals surface area (Å²) in [7, 11) is -2.12. The van der Waals surface area contributed by atoms with E-state index in [4.69, 9.17) is 21.1 Å². The van der Waals surface area contributed by atoms with Gasteiger partial charge in [-0.1, -0.05) is 17.7 Å². The number of hydrogen-bond donors (Lipinski definition) is 0. The molecule has 0 fully saturated rings. The molecule has 1 aliphatic heterocycles. The molecular formula is C22H16ClF3N2O6S. The van der Waals surface area contributed by atoms with Gasteiger partial charge in [-0.25, -0.2) is 23.0 Å². The van der Waals surface area contributed by atoms with Crippen molar-refractivity contribution in [2.45, 2.75) is 16.1 Å². The van der Waals surface area contributed by atoms with Gasteiger partial charge in [0, 0.05) is 18.1 Å². The monoisotopic (exact) mass is 528 g/mol. The van der Waals surface area contributed by atoms with Crippen molar-refractivity contribution in [2.24, 2.45) is 0 Å².